The van der Waals surface area contributed by atoms with Gasteiger partial charge in [-0.2, -0.15) is 0 Å². The largest absolute Gasteiger partial charge is 0.507 e. The van der Waals surface area contributed by atoms with Crippen LogP contribution >= 0.6 is 0 Å². The van der Waals surface area contributed by atoms with Crippen LogP contribution in [0.4, 0.5) is 0 Å². The minimum Gasteiger partial charge on any atom is -0.507 e. The topological polar surface area (TPSA) is 40.5 Å². The lowest BCUT2D eigenvalue weighted by atomic mass is 9.87. The molecule has 4 rings (SSSR count). The van der Waals surface area contributed by atoms with Crippen molar-refractivity contribution in [2.45, 2.75) is 46.0 Å². The smallest absolute Gasteiger partial charge is 0.123 e. The molecule has 0 saturated carbocycles. The first-order valence-electron chi connectivity index (χ1n) is 10.4. The Balaban J connectivity index is 2.02. The van der Waals surface area contributed by atoms with Gasteiger partial charge in [0.05, 0.1) is 0 Å². The van der Waals surface area contributed by atoms with Gasteiger partial charge in [-0.25, -0.2) is 0 Å². The highest BCUT2D eigenvalue weighted by atomic mass is 16.3. The van der Waals surface area contributed by atoms with Crippen molar-refractivity contribution in [1.29, 1.82) is 0 Å². The van der Waals surface area contributed by atoms with Crippen molar-refractivity contribution < 1.29 is 10.2 Å². The quantitative estimate of drug-likeness (QED) is 0.389. The Kier molecular flexibility index (Phi) is 4.96. The van der Waals surface area contributed by atoms with Crippen LogP contribution in [0.15, 0.2) is 60.7 Å². The van der Waals surface area contributed by atoms with Crippen molar-refractivity contribution in [3.05, 3.63) is 82.9 Å². The van der Waals surface area contributed by atoms with Crippen molar-refractivity contribution in [3.63, 3.8) is 0 Å². The molecule has 0 unspecified atom stereocenters. The summed E-state index contributed by atoms with van der Waals surface area (Å²) in [4.78, 5) is 0. The van der Waals surface area contributed by atoms with Gasteiger partial charge in [0.1, 0.15) is 11.5 Å². The van der Waals surface area contributed by atoms with Crippen LogP contribution < -0.4 is 0 Å². The monoisotopic (exact) mass is 384 g/mol. The SMILES string of the molecule is CC(C)c1cc2ccccc2c(Cc2c(O)c(C(C)C)cc3ccccc23)c1O. The molecule has 0 aliphatic heterocycles. The molecule has 0 bridgehead atoms. The molecule has 4 aromatic rings. The highest BCUT2D eigenvalue weighted by molar-refractivity contribution is 5.93. The molecule has 29 heavy (non-hydrogen) atoms. The lowest BCUT2D eigenvalue weighted by molar-refractivity contribution is 0.454. The van der Waals surface area contributed by atoms with E-state index < -0.39 is 0 Å². The van der Waals surface area contributed by atoms with Crippen LogP contribution in [-0.4, -0.2) is 10.2 Å². The maximum absolute atomic E-state index is 11.2. The molecule has 148 valence electrons. The third kappa shape index (κ3) is 3.33. The zero-order valence-corrected chi connectivity index (χ0v) is 17.5. The summed E-state index contributed by atoms with van der Waals surface area (Å²) in [6, 6.07) is 20.5. The van der Waals surface area contributed by atoms with E-state index in [0.29, 0.717) is 17.9 Å². The van der Waals surface area contributed by atoms with Crippen molar-refractivity contribution in [3.8, 4) is 11.5 Å². The maximum atomic E-state index is 11.2. The van der Waals surface area contributed by atoms with Gasteiger partial charge in [0.2, 0.25) is 0 Å². The Labute approximate surface area is 172 Å². The van der Waals surface area contributed by atoms with E-state index in [-0.39, 0.29) is 11.8 Å². The second kappa shape index (κ2) is 7.44. The van der Waals surface area contributed by atoms with Gasteiger partial charge in [0.15, 0.2) is 0 Å². The van der Waals surface area contributed by atoms with Gasteiger partial charge in [-0.15, -0.1) is 0 Å². The molecule has 0 fully saturated rings. The van der Waals surface area contributed by atoms with Gasteiger partial charge in [0.25, 0.3) is 0 Å². The summed E-state index contributed by atoms with van der Waals surface area (Å²) in [7, 11) is 0. The molecule has 0 amide bonds. The highest BCUT2D eigenvalue weighted by Crippen LogP contribution is 2.41. The van der Waals surface area contributed by atoms with Crippen LogP contribution in [0.25, 0.3) is 21.5 Å². The van der Waals surface area contributed by atoms with Gasteiger partial charge in [-0.1, -0.05) is 76.2 Å². The van der Waals surface area contributed by atoms with Gasteiger partial charge in [-0.3, -0.25) is 0 Å². The molecule has 4 aromatic carbocycles. The molecule has 0 saturated heterocycles. The molecule has 0 aliphatic carbocycles. The van der Waals surface area contributed by atoms with Crippen LogP contribution in [0.5, 0.6) is 11.5 Å². The number of phenolic OH excluding ortho intramolecular Hbond substituents is 2. The maximum Gasteiger partial charge on any atom is 0.123 e. The summed E-state index contributed by atoms with van der Waals surface area (Å²) in [5.74, 6) is 1.12. The van der Waals surface area contributed by atoms with Crippen LogP contribution in [0.1, 0.15) is 61.8 Å². The Morgan fingerprint density at radius 1 is 0.621 bits per heavy atom. The fraction of sp³-hybridized carbons (Fsp3) is 0.259. The second-order valence-corrected chi connectivity index (χ2v) is 8.51. The zero-order valence-electron chi connectivity index (χ0n) is 17.5. The number of phenols is 2. The third-order valence-corrected chi connectivity index (χ3v) is 5.91. The fourth-order valence-corrected chi connectivity index (χ4v) is 4.29. The molecule has 0 radical (unpaired) electrons. The van der Waals surface area contributed by atoms with E-state index in [2.05, 4.69) is 64.1 Å². The molecular weight excluding hydrogens is 356 g/mol. The van der Waals surface area contributed by atoms with Crippen molar-refractivity contribution in [2.75, 3.05) is 0 Å². The molecule has 0 aromatic heterocycles. The number of rotatable bonds is 4. The minimum absolute atomic E-state index is 0.214. The average molecular weight is 385 g/mol. The highest BCUT2D eigenvalue weighted by Gasteiger charge is 2.20. The molecule has 0 aliphatic rings. The van der Waals surface area contributed by atoms with Crippen LogP contribution in [-0.2, 0) is 6.42 Å². The summed E-state index contributed by atoms with van der Waals surface area (Å²) in [6.07, 6.45) is 0.486. The molecule has 2 N–H and O–H groups in total. The van der Waals surface area contributed by atoms with E-state index >= 15 is 0 Å². The Morgan fingerprint density at radius 3 is 1.38 bits per heavy atom. The van der Waals surface area contributed by atoms with E-state index in [0.717, 1.165) is 43.8 Å². The first kappa shape index (κ1) is 19.3. The predicted molar refractivity (Wildman–Crippen MR) is 122 cm³/mol. The number of aromatic hydroxyl groups is 2. The van der Waals surface area contributed by atoms with Gasteiger partial charge in [0, 0.05) is 17.5 Å². The van der Waals surface area contributed by atoms with E-state index in [9.17, 15) is 10.2 Å². The number of hydrogen-bond acceptors (Lipinski definition) is 2. The van der Waals surface area contributed by atoms with E-state index in [1.165, 1.54) is 0 Å². The Bertz CT molecular complexity index is 1110. The van der Waals surface area contributed by atoms with E-state index in [1.807, 2.05) is 24.3 Å². The van der Waals surface area contributed by atoms with Crippen LogP contribution in [0, 0.1) is 0 Å². The van der Waals surface area contributed by atoms with Gasteiger partial charge >= 0.3 is 0 Å². The lowest BCUT2D eigenvalue weighted by Crippen LogP contribution is -2.00. The third-order valence-electron chi connectivity index (χ3n) is 5.91. The molecule has 2 nitrogen and oxygen atoms in total. The summed E-state index contributed by atoms with van der Waals surface area (Å²) in [5.41, 5.74) is 3.66. The molecule has 0 heterocycles. The van der Waals surface area contributed by atoms with Crippen molar-refractivity contribution >= 4 is 21.5 Å². The first-order chi connectivity index (χ1) is 13.9. The average Bonchev–Trinajstić information content (AvgIpc) is 2.70. The standard InChI is InChI=1S/C27H28O2/c1-16(2)22-13-18-9-5-7-11-20(18)24(26(22)28)15-25-21-12-8-6-10-19(21)14-23(17(3)4)27(25)29/h5-14,16-17,28-29H,15H2,1-4H3. The normalized spacial score (nSPS) is 11.8. The predicted octanol–water partition coefficient (Wildman–Crippen LogP) is 7.24. The second-order valence-electron chi connectivity index (χ2n) is 8.51. The van der Waals surface area contributed by atoms with E-state index in [1.54, 1.807) is 0 Å². The van der Waals surface area contributed by atoms with Crippen molar-refractivity contribution in [1.82, 2.24) is 0 Å². The first-order valence-corrected chi connectivity index (χ1v) is 10.4. The van der Waals surface area contributed by atoms with Gasteiger partial charge in [-0.05, 0) is 56.6 Å². The number of benzene rings is 4. The van der Waals surface area contributed by atoms with Crippen molar-refractivity contribution in [2.24, 2.45) is 0 Å². The van der Waals surface area contributed by atoms with E-state index in [4.69, 9.17) is 0 Å². The molecule has 2 heteroatoms. The Morgan fingerprint density at radius 2 is 1.00 bits per heavy atom. The van der Waals surface area contributed by atoms with Gasteiger partial charge < -0.3 is 10.2 Å². The lowest BCUT2D eigenvalue weighted by Gasteiger charge is -2.19. The number of fused-ring (bicyclic) bond motifs is 2. The Hall–Kier alpha value is -3.00. The summed E-state index contributed by atoms with van der Waals surface area (Å²) in [6.45, 7) is 8.39. The molecule has 0 spiro atoms. The fourth-order valence-electron chi connectivity index (χ4n) is 4.29. The zero-order chi connectivity index (χ0) is 20.7. The summed E-state index contributed by atoms with van der Waals surface area (Å²) in [5, 5.41) is 26.7. The van der Waals surface area contributed by atoms with Crippen LogP contribution in [0.2, 0.25) is 0 Å². The summed E-state index contributed by atoms with van der Waals surface area (Å²) < 4.78 is 0. The number of hydrogen-bond donors (Lipinski definition) is 2. The molecule has 0 atom stereocenters. The van der Waals surface area contributed by atoms with Crippen LogP contribution in [0.3, 0.4) is 0 Å². The summed E-state index contributed by atoms with van der Waals surface area (Å²) >= 11 is 0. The molecular formula is C27H28O2. The minimum atomic E-state index is 0.214.